The SMILES string of the molecule is CN(Cc1ccccc1)C(=O)C1CC1C(=O)Nc1ccccc1C(C)(C)C. The van der Waals surface area contributed by atoms with Gasteiger partial charge in [0.15, 0.2) is 0 Å². The van der Waals surface area contributed by atoms with Crippen LogP contribution in [0.15, 0.2) is 54.6 Å². The molecule has 2 aromatic carbocycles. The second-order valence-corrected chi connectivity index (χ2v) is 8.41. The molecule has 0 saturated heterocycles. The number of rotatable bonds is 5. The van der Waals surface area contributed by atoms with Crippen LogP contribution in [0.25, 0.3) is 0 Å². The van der Waals surface area contributed by atoms with E-state index in [0.29, 0.717) is 13.0 Å². The lowest BCUT2D eigenvalue weighted by atomic mass is 9.86. The highest BCUT2D eigenvalue weighted by molar-refractivity contribution is 6.00. The monoisotopic (exact) mass is 364 g/mol. The van der Waals surface area contributed by atoms with E-state index >= 15 is 0 Å². The van der Waals surface area contributed by atoms with Crippen molar-refractivity contribution in [3.63, 3.8) is 0 Å². The summed E-state index contributed by atoms with van der Waals surface area (Å²) < 4.78 is 0. The van der Waals surface area contributed by atoms with Gasteiger partial charge in [-0.2, -0.15) is 0 Å². The number of nitrogens with one attached hydrogen (secondary N) is 1. The molecule has 2 atom stereocenters. The quantitative estimate of drug-likeness (QED) is 0.864. The Morgan fingerprint density at radius 2 is 1.63 bits per heavy atom. The number of amides is 2. The minimum atomic E-state index is -0.233. The summed E-state index contributed by atoms with van der Waals surface area (Å²) >= 11 is 0. The third kappa shape index (κ3) is 4.57. The molecule has 2 amide bonds. The number of para-hydroxylation sites is 1. The fourth-order valence-electron chi connectivity index (χ4n) is 3.45. The molecule has 0 heterocycles. The van der Waals surface area contributed by atoms with Crippen molar-refractivity contribution in [2.45, 2.75) is 39.2 Å². The van der Waals surface area contributed by atoms with Gasteiger partial charge in [-0.05, 0) is 29.0 Å². The standard InChI is InChI=1S/C23H28N2O2/c1-23(2,3)19-12-8-9-13-20(19)24-21(26)17-14-18(17)22(27)25(4)15-16-10-6-5-7-11-16/h5-13,17-18H,14-15H2,1-4H3,(H,24,26). The van der Waals surface area contributed by atoms with E-state index in [9.17, 15) is 9.59 Å². The minimum absolute atomic E-state index is 0.0445. The van der Waals surface area contributed by atoms with Gasteiger partial charge in [-0.15, -0.1) is 0 Å². The Kier molecular flexibility index (Phi) is 5.36. The molecule has 0 spiro atoms. The molecule has 0 aromatic heterocycles. The molecular formula is C23H28N2O2. The van der Waals surface area contributed by atoms with Crippen LogP contribution in [0, 0.1) is 11.8 Å². The summed E-state index contributed by atoms with van der Waals surface area (Å²) in [5.74, 6) is -0.453. The van der Waals surface area contributed by atoms with E-state index in [4.69, 9.17) is 0 Å². The van der Waals surface area contributed by atoms with Gasteiger partial charge in [0.1, 0.15) is 0 Å². The van der Waals surface area contributed by atoms with Crippen molar-refractivity contribution in [3.8, 4) is 0 Å². The molecule has 142 valence electrons. The topological polar surface area (TPSA) is 49.4 Å². The molecule has 3 rings (SSSR count). The Morgan fingerprint density at radius 1 is 1.00 bits per heavy atom. The molecule has 0 bridgehead atoms. The first kappa shape index (κ1) is 19.2. The molecule has 1 N–H and O–H groups in total. The van der Waals surface area contributed by atoms with Crippen molar-refractivity contribution in [2.75, 3.05) is 12.4 Å². The molecule has 2 unspecified atom stereocenters. The minimum Gasteiger partial charge on any atom is -0.341 e. The Balaban J connectivity index is 1.60. The number of nitrogens with zero attached hydrogens (tertiary/aromatic N) is 1. The van der Waals surface area contributed by atoms with Crippen LogP contribution in [0.1, 0.15) is 38.3 Å². The van der Waals surface area contributed by atoms with E-state index in [1.807, 2.05) is 54.6 Å². The van der Waals surface area contributed by atoms with Crippen LogP contribution in [0.3, 0.4) is 0 Å². The summed E-state index contributed by atoms with van der Waals surface area (Å²) in [6.07, 6.45) is 0.626. The van der Waals surface area contributed by atoms with Crippen molar-refractivity contribution in [1.29, 1.82) is 0 Å². The van der Waals surface area contributed by atoms with Gasteiger partial charge in [-0.3, -0.25) is 9.59 Å². The summed E-state index contributed by atoms with van der Waals surface area (Å²) in [7, 11) is 1.80. The highest BCUT2D eigenvalue weighted by Crippen LogP contribution is 2.41. The largest absolute Gasteiger partial charge is 0.341 e. The number of benzene rings is 2. The lowest BCUT2D eigenvalue weighted by Gasteiger charge is -2.23. The van der Waals surface area contributed by atoms with Crippen molar-refractivity contribution in [1.82, 2.24) is 4.90 Å². The predicted molar refractivity (Wildman–Crippen MR) is 108 cm³/mol. The first-order valence-electron chi connectivity index (χ1n) is 9.46. The number of hydrogen-bond acceptors (Lipinski definition) is 2. The Labute approximate surface area is 161 Å². The molecule has 1 aliphatic carbocycles. The van der Waals surface area contributed by atoms with Crippen molar-refractivity contribution in [2.24, 2.45) is 11.8 Å². The van der Waals surface area contributed by atoms with Crippen LogP contribution in [0.2, 0.25) is 0 Å². The number of anilines is 1. The second-order valence-electron chi connectivity index (χ2n) is 8.41. The molecule has 1 aliphatic rings. The average Bonchev–Trinajstić information content (AvgIpc) is 3.42. The molecule has 4 nitrogen and oxygen atoms in total. The summed E-state index contributed by atoms with van der Waals surface area (Å²) in [4.78, 5) is 27.0. The number of carbonyl (C=O) groups is 2. The van der Waals surface area contributed by atoms with Gasteiger partial charge in [0.2, 0.25) is 11.8 Å². The molecule has 1 fully saturated rings. The van der Waals surface area contributed by atoms with Crippen molar-refractivity contribution in [3.05, 3.63) is 65.7 Å². The van der Waals surface area contributed by atoms with E-state index in [1.165, 1.54) is 0 Å². The summed E-state index contributed by atoms with van der Waals surface area (Å²) in [6.45, 7) is 6.94. The van der Waals surface area contributed by atoms with Gasteiger partial charge < -0.3 is 10.2 Å². The maximum Gasteiger partial charge on any atom is 0.228 e. The third-order valence-electron chi connectivity index (χ3n) is 5.08. The second kappa shape index (κ2) is 7.55. The zero-order valence-corrected chi connectivity index (χ0v) is 16.5. The van der Waals surface area contributed by atoms with E-state index in [2.05, 4.69) is 26.1 Å². The molecule has 4 heteroatoms. The van der Waals surface area contributed by atoms with Gasteiger partial charge >= 0.3 is 0 Å². The maximum atomic E-state index is 12.7. The zero-order valence-electron chi connectivity index (χ0n) is 16.5. The third-order valence-corrected chi connectivity index (χ3v) is 5.08. The van der Waals surface area contributed by atoms with Gasteiger partial charge in [0.25, 0.3) is 0 Å². The maximum absolute atomic E-state index is 12.7. The van der Waals surface area contributed by atoms with Crippen LogP contribution >= 0.6 is 0 Å². The fourth-order valence-corrected chi connectivity index (χ4v) is 3.45. The van der Waals surface area contributed by atoms with Gasteiger partial charge in [-0.1, -0.05) is 69.3 Å². The Morgan fingerprint density at radius 3 is 2.30 bits per heavy atom. The Bertz CT molecular complexity index is 824. The van der Waals surface area contributed by atoms with Crippen LogP contribution in [0.5, 0.6) is 0 Å². The van der Waals surface area contributed by atoms with Gasteiger partial charge in [0.05, 0.1) is 11.8 Å². The number of hydrogen-bond donors (Lipinski definition) is 1. The summed E-state index contributed by atoms with van der Waals surface area (Å²) in [5, 5.41) is 3.04. The van der Waals surface area contributed by atoms with E-state index in [0.717, 1.165) is 16.8 Å². The van der Waals surface area contributed by atoms with E-state index < -0.39 is 0 Å². The zero-order chi connectivity index (χ0) is 19.6. The first-order valence-corrected chi connectivity index (χ1v) is 9.46. The van der Waals surface area contributed by atoms with Crippen LogP contribution in [0.4, 0.5) is 5.69 Å². The Hall–Kier alpha value is -2.62. The molecule has 1 saturated carbocycles. The molecule has 0 radical (unpaired) electrons. The molecule has 27 heavy (non-hydrogen) atoms. The molecule has 0 aliphatic heterocycles. The van der Waals surface area contributed by atoms with Crippen LogP contribution in [-0.2, 0) is 21.5 Å². The molecule has 2 aromatic rings. The van der Waals surface area contributed by atoms with Crippen molar-refractivity contribution < 1.29 is 9.59 Å². The highest BCUT2D eigenvalue weighted by Gasteiger charge is 2.49. The van der Waals surface area contributed by atoms with Crippen molar-refractivity contribution >= 4 is 17.5 Å². The average molecular weight is 364 g/mol. The fraction of sp³-hybridized carbons (Fsp3) is 0.391. The smallest absolute Gasteiger partial charge is 0.228 e. The number of carbonyl (C=O) groups excluding carboxylic acids is 2. The van der Waals surface area contributed by atoms with Crippen LogP contribution in [-0.4, -0.2) is 23.8 Å². The lowest BCUT2D eigenvalue weighted by molar-refractivity contribution is -0.133. The van der Waals surface area contributed by atoms with E-state index in [-0.39, 0.29) is 29.1 Å². The van der Waals surface area contributed by atoms with Gasteiger partial charge in [-0.25, -0.2) is 0 Å². The van der Waals surface area contributed by atoms with Crippen LogP contribution < -0.4 is 5.32 Å². The molecular weight excluding hydrogens is 336 g/mol. The lowest BCUT2D eigenvalue weighted by Crippen LogP contribution is -2.29. The highest BCUT2D eigenvalue weighted by atomic mass is 16.2. The predicted octanol–water partition coefficient (Wildman–Crippen LogP) is 4.22. The van der Waals surface area contributed by atoms with Gasteiger partial charge in [0, 0.05) is 19.3 Å². The normalized spacial score (nSPS) is 18.7. The van der Waals surface area contributed by atoms with E-state index in [1.54, 1.807) is 11.9 Å². The summed E-state index contributed by atoms with van der Waals surface area (Å²) in [5.41, 5.74) is 2.97. The first-order chi connectivity index (χ1) is 12.8. The summed E-state index contributed by atoms with van der Waals surface area (Å²) in [6, 6.07) is 17.8.